The summed E-state index contributed by atoms with van der Waals surface area (Å²) < 4.78 is 4.99. The summed E-state index contributed by atoms with van der Waals surface area (Å²) in [5.41, 5.74) is 2.25. The molecule has 2 aromatic rings. The Labute approximate surface area is 112 Å². The van der Waals surface area contributed by atoms with Crippen molar-refractivity contribution in [3.8, 4) is 0 Å². The number of anilines is 2. The molecule has 1 heterocycles. The maximum atomic E-state index is 12.0. The number of rotatable bonds is 4. The summed E-state index contributed by atoms with van der Waals surface area (Å²) in [6.45, 7) is 1.56. The Morgan fingerprint density at radius 2 is 2.20 bits per heavy atom. The van der Waals surface area contributed by atoms with E-state index in [9.17, 15) is 14.9 Å². The smallest absolute Gasteiger partial charge is 0.322 e. The lowest BCUT2D eigenvalue weighted by molar-refractivity contribution is -0.384. The number of nitro groups is 1. The number of aromatic nitrogens is 2. The molecule has 0 atom stereocenters. The predicted octanol–water partition coefficient (Wildman–Crippen LogP) is 0.824. The van der Waals surface area contributed by atoms with Crippen molar-refractivity contribution >= 4 is 23.3 Å². The second-order valence-electron chi connectivity index (χ2n) is 3.71. The van der Waals surface area contributed by atoms with Gasteiger partial charge in [-0.1, -0.05) is 5.10 Å². The first-order valence-electron chi connectivity index (χ1n) is 5.38. The minimum atomic E-state index is -0.662. The van der Waals surface area contributed by atoms with Gasteiger partial charge in [-0.15, -0.1) is 5.10 Å². The van der Waals surface area contributed by atoms with Gasteiger partial charge in [0.2, 0.25) is 5.89 Å². The second-order valence-corrected chi connectivity index (χ2v) is 3.71. The first kappa shape index (κ1) is 13.4. The van der Waals surface area contributed by atoms with Gasteiger partial charge in [0, 0.05) is 19.1 Å². The molecule has 10 nitrogen and oxygen atoms in total. The number of amides is 1. The van der Waals surface area contributed by atoms with Crippen molar-refractivity contribution in [2.24, 2.45) is 5.84 Å². The molecule has 104 valence electrons. The predicted molar refractivity (Wildman–Crippen MR) is 67.9 cm³/mol. The van der Waals surface area contributed by atoms with Crippen LogP contribution in [0.15, 0.2) is 22.6 Å². The molecule has 0 saturated heterocycles. The second kappa shape index (κ2) is 5.32. The Morgan fingerprint density at radius 3 is 2.75 bits per heavy atom. The molecule has 0 radical (unpaired) electrons. The van der Waals surface area contributed by atoms with Crippen LogP contribution in [0.3, 0.4) is 0 Å². The van der Waals surface area contributed by atoms with Crippen LogP contribution in [0, 0.1) is 17.0 Å². The van der Waals surface area contributed by atoms with Crippen molar-refractivity contribution in [2.45, 2.75) is 6.92 Å². The van der Waals surface area contributed by atoms with Gasteiger partial charge in [0.05, 0.1) is 16.2 Å². The van der Waals surface area contributed by atoms with E-state index >= 15 is 0 Å². The average molecular weight is 278 g/mol. The lowest BCUT2D eigenvalue weighted by Crippen LogP contribution is -2.17. The van der Waals surface area contributed by atoms with Crippen molar-refractivity contribution in [3.63, 3.8) is 0 Å². The number of hydrazine groups is 1. The molecule has 1 aromatic carbocycles. The number of nitro benzene ring substituents is 1. The van der Waals surface area contributed by atoms with Crippen LogP contribution >= 0.6 is 0 Å². The topological polar surface area (TPSA) is 149 Å². The molecular formula is C10H10N6O4. The minimum Gasteiger partial charge on any atom is -0.408 e. The number of nitrogens with one attached hydrogen (secondary N) is 2. The molecule has 0 aliphatic rings. The van der Waals surface area contributed by atoms with Crippen molar-refractivity contribution in [1.29, 1.82) is 0 Å². The third kappa shape index (κ3) is 2.70. The maximum absolute atomic E-state index is 12.0. The highest BCUT2D eigenvalue weighted by atomic mass is 16.6. The largest absolute Gasteiger partial charge is 0.408 e. The highest BCUT2D eigenvalue weighted by Crippen LogP contribution is 2.22. The molecule has 0 aliphatic carbocycles. The highest BCUT2D eigenvalue weighted by Gasteiger charge is 2.18. The fraction of sp³-hybridized carbons (Fsp3) is 0.100. The Bertz CT molecular complexity index is 668. The fourth-order valence-electron chi connectivity index (χ4n) is 1.47. The number of nitrogens with zero attached hydrogens (tertiary/aromatic N) is 3. The zero-order valence-corrected chi connectivity index (χ0v) is 10.3. The highest BCUT2D eigenvalue weighted by molar-refractivity contribution is 6.07. The van der Waals surface area contributed by atoms with Crippen molar-refractivity contribution in [1.82, 2.24) is 10.2 Å². The van der Waals surface area contributed by atoms with E-state index in [1.165, 1.54) is 12.1 Å². The zero-order valence-electron chi connectivity index (χ0n) is 10.3. The molecule has 10 heteroatoms. The summed E-state index contributed by atoms with van der Waals surface area (Å²) in [6, 6.07) is 3.53. The summed E-state index contributed by atoms with van der Waals surface area (Å²) in [7, 11) is 0. The van der Waals surface area contributed by atoms with Crippen LogP contribution in [0.2, 0.25) is 0 Å². The molecule has 0 saturated carbocycles. The van der Waals surface area contributed by atoms with Crippen LogP contribution in [0.4, 0.5) is 17.4 Å². The van der Waals surface area contributed by atoms with E-state index in [1.54, 1.807) is 6.92 Å². The normalized spacial score (nSPS) is 10.1. The van der Waals surface area contributed by atoms with E-state index in [1.807, 2.05) is 0 Å². The van der Waals surface area contributed by atoms with Gasteiger partial charge >= 0.3 is 6.01 Å². The fourth-order valence-corrected chi connectivity index (χ4v) is 1.47. The summed E-state index contributed by atoms with van der Waals surface area (Å²) in [5.74, 6) is 4.87. The van der Waals surface area contributed by atoms with E-state index in [4.69, 9.17) is 10.3 Å². The number of hydrogen-bond donors (Lipinski definition) is 3. The van der Waals surface area contributed by atoms with Gasteiger partial charge in [0.1, 0.15) is 0 Å². The number of aryl methyl sites for hydroxylation is 1. The van der Waals surface area contributed by atoms with Crippen LogP contribution < -0.4 is 16.6 Å². The standard InChI is InChI=1S/C10H10N6O4/c1-5-14-15-10(20-5)12-9(17)7-4-6(16(18)19)2-3-8(7)13-11/h2-4,13H,11H2,1H3,(H,12,15,17). The van der Waals surface area contributed by atoms with Crippen molar-refractivity contribution in [2.75, 3.05) is 10.7 Å². The van der Waals surface area contributed by atoms with Gasteiger partial charge in [-0.3, -0.25) is 26.1 Å². The van der Waals surface area contributed by atoms with E-state index < -0.39 is 10.8 Å². The third-order valence-corrected chi connectivity index (χ3v) is 2.36. The molecule has 0 fully saturated rings. The number of nitrogen functional groups attached to an aromatic ring is 1. The number of benzene rings is 1. The summed E-state index contributed by atoms with van der Waals surface area (Å²) in [6.07, 6.45) is 0. The molecule has 1 amide bonds. The molecule has 2 rings (SSSR count). The van der Waals surface area contributed by atoms with E-state index in [2.05, 4.69) is 20.9 Å². The average Bonchev–Trinajstić information content (AvgIpc) is 2.83. The summed E-state index contributed by atoms with van der Waals surface area (Å²) >= 11 is 0. The summed E-state index contributed by atoms with van der Waals surface area (Å²) in [5, 5.41) is 20.2. The quantitative estimate of drug-likeness (QED) is 0.422. The maximum Gasteiger partial charge on any atom is 0.322 e. The number of carbonyl (C=O) groups is 1. The monoisotopic (exact) mass is 278 g/mol. The molecule has 0 bridgehead atoms. The Hall–Kier alpha value is -3.01. The van der Waals surface area contributed by atoms with Crippen molar-refractivity contribution in [3.05, 3.63) is 39.8 Å². The third-order valence-electron chi connectivity index (χ3n) is 2.36. The van der Waals surface area contributed by atoms with Crippen LogP contribution in [0.25, 0.3) is 0 Å². The van der Waals surface area contributed by atoms with Crippen molar-refractivity contribution < 1.29 is 14.1 Å². The Morgan fingerprint density at radius 1 is 1.45 bits per heavy atom. The lowest BCUT2D eigenvalue weighted by Gasteiger charge is -2.07. The molecule has 0 unspecified atom stereocenters. The molecule has 4 N–H and O–H groups in total. The molecule has 1 aromatic heterocycles. The number of nitrogens with two attached hydrogens (primary N) is 1. The van der Waals surface area contributed by atoms with Crippen LogP contribution in [-0.4, -0.2) is 21.0 Å². The lowest BCUT2D eigenvalue weighted by atomic mass is 10.1. The van der Waals surface area contributed by atoms with Gasteiger partial charge in [0.25, 0.3) is 11.6 Å². The Balaban J connectivity index is 2.32. The molecule has 20 heavy (non-hydrogen) atoms. The molecule has 0 aliphatic heterocycles. The number of non-ortho nitro benzene ring substituents is 1. The first-order valence-corrected chi connectivity index (χ1v) is 5.38. The van der Waals surface area contributed by atoms with Gasteiger partial charge < -0.3 is 9.84 Å². The number of carbonyl (C=O) groups excluding carboxylic acids is 1. The molecule has 0 spiro atoms. The summed E-state index contributed by atoms with van der Waals surface area (Å²) in [4.78, 5) is 22.1. The minimum absolute atomic E-state index is 0.0162. The van der Waals surface area contributed by atoms with E-state index in [0.717, 1.165) is 6.07 Å². The molecular weight excluding hydrogens is 268 g/mol. The van der Waals surface area contributed by atoms with Gasteiger partial charge in [-0.05, 0) is 6.07 Å². The van der Waals surface area contributed by atoms with Gasteiger partial charge in [0.15, 0.2) is 0 Å². The Kier molecular flexibility index (Phi) is 3.57. The van der Waals surface area contributed by atoms with Crippen LogP contribution in [0.1, 0.15) is 16.2 Å². The van der Waals surface area contributed by atoms with Gasteiger partial charge in [-0.25, -0.2) is 0 Å². The van der Waals surface area contributed by atoms with Gasteiger partial charge in [-0.2, -0.15) is 0 Å². The SMILES string of the molecule is Cc1nnc(NC(=O)c2cc([N+](=O)[O-])ccc2NN)o1. The van der Waals surface area contributed by atoms with E-state index in [0.29, 0.717) is 0 Å². The first-order chi connectivity index (χ1) is 9.51. The van der Waals surface area contributed by atoms with Crippen LogP contribution in [-0.2, 0) is 0 Å². The number of hydrogen-bond acceptors (Lipinski definition) is 8. The zero-order chi connectivity index (χ0) is 14.7. The van der Waals surface area contributed by atoms with E-state index in [-0.39, 0.29) is 28.8 Å². The van der Waals surface area contributed by atoms with Crippen LogP contribution in [0.5, 0.6) is 0 Å².